The first-order chi connectivity index (χ1) is 13.3. The summed E-state index contributed by atoms with van der Waals surface area (Å²) in [6.45, 7) is 5.65. The van der Waals surface area contributed by atoms with Crippen LogP contribution < -0.4 is 0 Å². The first-order valence-electron chi connectivity index (χ1n) is 9.55. The summed E-state index contributed by atoms with van der Waals surface area (Å²) in [7, 11) is 0. The normalized spacial score (nSPS) is 11.5. The molecule has 5 nitrogen and oxygen atoms in total. The number of ether oxygens (including phenoxy) is 1. The average molecular weight is 368 g/mol. The van der Waals surface area contributed by atoms with Crippen LogP contribution in [0.4, 0.5) is 0 Å². The fourth-order valence-electron chi connectivity index (χ4n) is 3.11. The SMILES string of the molecule is CCN(CCc1c[nH]c2cccc(O)c12)OCCCOCc1ccccc1. The third kappa shape index (κ3) is 5.57. The summed E-state index contributed by atoms with van der Waals surface area (Å²) in [5.74, 6) is 0.322. The number of benzene rings is 2. The van der Waals surface area contributed by atoms with E-state index >= 15 is 0 Å². The summed E-state index contributed by atoms with van der Waals surface area (Å²) < 4.78 is 5.68. The van der Waals surface area contributed by atoms with Crippen LogP contribution in [-0.2, 0) is 22.6 Å². The number of likely N-dealkylation sites (N-methyl/N-ethyl adjacent to an activating group) is 1. The van der Waals surface area contributed by atoms with Gasteiger partial charge in [0.05, 0.1) is 13.2 Å². The van der Waals surface area contributed by atoms with Gasteiger partial charge in [0.2, 0.25) is 0 Å². The van der Waals surface area contributed by atoms with E-state index in [9.17, 15) is 5.11 Å². The number of phenolic OH excluding ortho intramolecular Hbond substituents is 1. The Morgan fingerprint density at radius 3 is 2.70 bits per heavy atom. The molecule has 0 atom stereocenters. The molecular formula is C22H28N2O3. The van der Waals surface area contributed by atoms with Crippen molar-refractivity contribution in [3.05, 3.63) is 65.9 Å². The van der Waals surface area contributed by atoms with Gasteiger partial charge >= 0.3 is 0 Å². The van der Waals surface area contributed by atoms with E-state index in [0.717, 1.165) is 42.4 Å². The number of nitrogens with zero attached hydrogens (tertiary/aromatic N) is 1. The highest BCUT2D eigenvalue weighted by Gasteiger charge is 2.10. The molecule has 144 valence electrons. The van der Waals surface area contributed by atoms with Crippen LogP contribution in [0.15, 0.2) is 54.7 Å². The first-order valence-corrected chi connectivity index (χ1v) is 9.55. The predicted octanol–water partition coefficient (Wildman–Crippen LogP) is 4.28. The molecule has 0 bridgehead atoms. The highest BCUT2D eigenvalue weighted by Crippen LogP contribution is 2.27. The number of phenols is 1. The lowest BCUT2D eigenvalue weighted by Crippen LogP contribution is -2.27. The van der Waals surface area contributed by atoms with Gasteiger partial charge in [0.1, 0.15) is 5.75 Å². The van der Waals surface area contributed by atoms with Crippen LogP contribution >= 0.6 is 0 Å². The highest BCUT2D eigenvalue weighted by molar-refractivity contribution is 5.88. The Morgan fingerprint density at radius 1 is 1.04 bits per heavy atom. The molecule has 0 amide bonds. The van der Waals surface area contributed by atoms with Crippen molar-refractivity contribution in [2.75, 3.05) is 26.3 Å². The van der Waals surface area contributed by atoms with Crippen LogP contribution in [0.25, 0.3) is 10.9 Å². The first kappa shape index (κ1) is 19.4. The molecule has 1 heterocycles. The lowest BCUT2D eigenvalue weighted by Gasteiger charge is -2.20. The molecule has 0 saturated carbocycles. The van der Waals surface area contributed by atoms with Crippen molar-refractivity contribution in [1.29, 1.82) is 0 Å². The van der Waals surface area contributed by atoms with Gasteiger partial charge in [0.25, 0.3) is 0 Å². The molecule has 2 N–H and O–H groups in total. The van der Waals surface area contributed by atoms with E-state index < -0.39 is 0 Å². The van der Waals surface area contributed by atoms with Crippen LogP contribution in [0.2, 0.25) is 0 Å². The topological polar surface area (TPSA) is 57.7 Å². The Kier molecular flexibility index (Phi) is 7.27. The lowest BCUT2D eigenvalue weighted by atomic mass is 10.1. The minimum Gasteiger partial charge on any atom is -0.507 e. The maximum Gasteiger partial charge on any atom is 0.125 e. The molecule has 0 aliphatic heterocycles. The predicted molar refractivity (Wildman–Crippen MR) is 108 cm³/mol. The smallest absolute Gasteiger partial charge is 0.125 e. The zero-order valence-electron chi connectivity index (χ0n) is 15.9. The van der Waals surface area contributed by atoms with Crippen molar-refractivity contribution in [2.24, 2.45) is 0 Å². The van der Waals surface area contributed by atoms with Crippen LogP contribution in [0.5, 0.6) is 5.75 Å². The number of aromatic hydroxyl groups is 1. The van der Waals surface area contributed by atoms with Crippen molar-refractivity contribution in [2.45, 2.75) is 26.4 Å². The van der Waals surface area contributed by atoms with Gasteiger partial charge in [-0.15, -0.1) is 0 Å². The number of H-pyrrole nitrogens is 1. The molecule has 0 fully saturated rings. The fraction of sp³-hybridized carbons (Fsp3) is 0.364. The Hall–Kier alpha value is -2.34. The molecule has 3 aromatic rings. The zero-order valence-corrected chi connectivity index (χ0v) is 15.9. The van der Waals surface area contributed by atoms with Gasteiger partial charge in [-0.3, -0.25) is 4.84 Å². The molecule has 1 aromatic heterocycles. The number of aromatic nitrogens is 1. The summed E-state index contributed by atoms with van der Waals surface area (Å²) >= 11 is 0. The average Bonchev–Trinajstić information content (AvgIpc) is 3.12. The van der Waals surface area contributed by atoms with Crippen LogP contribution in [-0.4, -0.2) is 41.5 Å². The van der Waals surface area contributed by atoms with E-state index in [0.29, 0.717) is 25.6 Å². The minimum absolute atomic E-state index is 0.322. The summed E-state index contributed by atoms with van der Waals surface area (Å²) in [4.78, 5) is 9.08. The number of fused-ring (bicyclic) bond motifs is 1. The summed E-state index contributed by atoms with van der Waals surface area (Å²) in [6, 6.07) is 15.7. The molecule has 0 unspecified atom stereocenters. The van der Waals surface area contributed by atoms with Crippen molar-refractivity contribution < 1.29 is 14.7 Å². The Morgan fingerprint density at radius 2 is 1.89 bits per heavy atom. The molecule has 5 heteroatoms. The van der Waals surface area contributed by atoms with Crippen molar-refractivity contribution in [1.82, 2.24) is 10.0 Å². The summed E-state index contributed by atoms with van der Waals surface area (Å²) in [5, 5.41) is 13.0. The Balaban J connectivity index is 1.36. The largest absolute Gasteiger partial charge is 0.507 e. The van der Waals surface area contributed by atoms with Crippen molar-refractivity contribution in [3.8, 4) is 5.75 Å². The molecule has 3 rings (SSSR count). The van der Waals surface area contributed by atoms with Gasteiger partial charge < -0.3 is 14.8 Å². The molecule has 27 heavy (non-hydrogen) atoms. The van der Waals surface area contributed by atoms with Crippen LogP contribution in [0.3, 0.4) is 0 Å². The van der Waals surface area contributed by atoms with E-state index in [2.05, 4.69) is 24.0 Å². The fourth-order valence-corrected chi connectivity index (χ4v) is 3.11. The van der Waals surface area contributed by atoms with Crippen LogP contribution in [0, 0.1) is 0 Å². The van der Waals surface area contributed by atoms with E-state index in [1.165, 1.54) is 5.56 Å². The number of hydroxylamine groups is 2. The third-order valence-corrected chi connectivity index (χ3v) is 4.57. The maximum absolute atomic E-state index is 10.1. The van der Waals surface area contributed by atoms with E-state index in [1.807, 2.05) is 41.6 Å². The number of hydrogen-bond donors (Lipinski definition) is 2. The molecule has 0 aliphatic rings. The molecule has 0 aliphatic carbocycles. The second-order valence-corrected chi connectivity index (χ2v) is 6.51. The lowest BCUT2D eigenvalue weighted by molar-refractivity contribution is -0.158. The number of rotatable bonds is 11. The third-order valence-electron chi connectivity index (χ3n) is 4.57. The quantitative estimate of drug-likeness (QED) is 0.392. The Bertz CT molecular complexity index is 817. The van der Waals surface area contributed by atoms with Crippen LogP contribution in [0.1, 0.15) is 24.5 Å². The molecule has 0 spiro atoms. The number of nitrogens with one attached hydrogen (secondary N) is 1. The van der Waals surface area contributed by atoms with Gasteiger partial charge in [-0.2, -0.15) is 5.06 Å². The van der Waals surface area contributed by atoms with Gasteiger partial charge in [-0.25, -0.2) is 0 Å². The maximum atomic E-state index is 10.1. The Labute approximate surface area is 160 Å². The molecule has 0 saturated heterocycles. The minimum atomic E-state index is 0.322. The number of hydrogen-bond acceptors (Lipinski definition) is 4. The molecule has 0 radical (unpaired) electrons. The van der Waals surface area contributed by atoms with E-state index in [1.54, 1.807) is 6.07 Å². The summed E-state index contributed by atoms with van der Waals surface area (Å²) in [5.41, 5.74) is 3.26. The van der Waals surface area contributed by atoms with Crippen molar-refractivity contribution in [3.63, 3.8) is 0 Å². The second kappa shape index (κ2) is 10.1. The highest BCUT2D eigenvalue weighted by atomic mass is 16.7. The van der Waals surface area contributed by atoms with E-state index in [4.69, 9.17) is 9.57 Å². The van der Waals surface area contributed by atoms with Gasteiger partial charge in [0.15, 0.2) is 0 Å². The standard InChI is InChI=1S/C22H28N2O3/c1-2-24(27-15-7-14-26-17-18-8-4-3-5-9-18)13-12-19-16-23-20-10-6-11-21(25)22(19)20/h3-6,8-11,16,23,25H,2,7,12-15,17H2,1H3. The zero-order chi connectivity index (χ0) is 18.9. The van der Waals surface area contributed by atoms with Gasteiger partial charge in [0, 0.05) is 36.8 Å². The van der Waals surface area contributed by atoms with Crippen molar-refractivity contribution >= 4 is 10.9 Å². The van der Waals surface area contributed by atoms with Gasteiger partial charge in [-0.05, 0) is 36.1 Å². The second-order valence-electron chi connectivity index (χ2n) is 6.51. The summed E-state index contributed by atoms with van der Waals surface area (Å²) in [6.07, 6.45) is 3.64. The molecular weight excluding hydrogens is 340 g/mol. The molecule has 2 aromatic carbocycles. The van der Waals surface area contributed by atoms with E-state index in [-0.39, 0.29) is 0 Å². The monoisotopic (exact) mass is 368 g/mol. The van der Waals surface area contributed by atoms with Gasteiger partial charge in [-0.1, -0.05) is 43.3 Å². The number of aromatic amines is 1.